The molecule has 1 N–H and O–H groups in total. The van der Waals surface area contributed by atoms with Crippen LogP contribution in [0.25, 0.3) is 10.9 Å². The number of morpholine rings is 1. The first kappa shape index (κ1) is 15.8. The van der Waals surface area contributed by atoms with Crippen molar-refractivity contribution in [3.05, 3.63) is 35.5 Å². The van der Waals surface area contributed by atoms with Crippen molar-refractivity contribution in [2.45, 2.75) is 26.0 Å². The lowest BCUT2D eigenvalue weighted by Crippen LogP contribution is -2.48. The van der Waals surface area contributed by atoms with Crippen LogP contribution in [-0.2, 0) is 4.74 Å². The minimum atomic E-state index is -0.322. The van der Waals surface area contributed by atoms with Crippen LogP contribution in [0, 0.1) is 13.8 Å². The molecule has 0 unspecified atom stereocenters. The molecule has 2 aromatic rings. The summed E-state index contributed by atoms with van der Waals surface area (Å²) in [5.74, 6) is 0. The van der Waals surface area contributed by atoms with Crippen LogP contribution in [0.1, 0.15) is 11.1 Å². The van der Waals surface area contributed by atoms with E-state index in [1.165, 1.54) is 22.2 Å². The zero-order valence-corrected chi connectivity index (χ0v) is 14.4. The monoisotopic (exact) mass is 327 g/mol. The first-order valence-electron chi connectivity index (χ1n) is 8.74. The van der Waals surface area contributed by atoms with E-state index in [0.29, 0.717) is 6.54 Å². The van der Waals surface area contributed by atoms with E-state index >= 15 is 0 Å². The molecule has 2 fully saturated rings. The van der Waals surface area contributed by atoms with Gasteiger partial charge in [-0.25, -0.2) is 0 Å². The first-order valence-corrected chi connectivity index (χ1v) is 8.74. The Hall–Kier alpha value is -1.69. The predicted molar refractivity (Wildman–Crippen MR) is 95.6 cm³/mol. The van der Waals surface area contributed by atoms with Gasteiger partial charge in [0.25, 0.3) is 0 Å². The number of anilines is 1. The predicted octanol–water partition coefficient (Wildman–Crippen LogP) is 1.73. The molecule has 5 nitrogen and oxygen atoms in total. The number of aromatic nitrogens is 1. The highest BCUT2D eigenvalue weighted by Crippen LogP contribution is 2.31. The van der Waals surface area contributed by atoms with Crippen LogP contribution in [0.3, 0.4) is 0 Å². The molecular formula is C19H25N3O2. The summed E-state index contributed by atoms with van der Waals surface area (Å²) in [6, 6.07) is 6.64. The van der Waals surface area contributed by atoms with Crippen molar-refractivity contribution in [1.82, 2.24) is 9.88 Å². The van der Waals surface area contributed by atoms with E-state index < -0.39 is 0 Å². The number of β-amino-alcohol motifs (C(OH)–C–C–N with tert-alkyl or cyclic N) is 1. The fourth-order valence-electron chi connectivity index (χ4n) is 4.11. The maximum absolute atomic E-state index is 10.6. The van der Waals surface area contributed by atoms with Gasteiger partial charge in [0.1, 0.15) is 0 Å². The molecule has 0 bridgehead atoms. The summed E-state index contributed by atoms with van der Waals surface area (Å²) in [6.07, 6.45) is 1.56. The molecule has 2 saturated heterocycles. The van der Waals surface area contributed by atoms with Gasteiger partial charge >= 0.3 is 0 Å². The minimum Gasteiger partial charge on any atom is -0.390 e. The lowest BCUT2D eigenvalue weighted by atomic mass is 10.1. The Balaban J connectivity index is 1.66. The molecule has 0 saturated carbocycles. The summed E-state index contributed by atoms with van der Waals surface area (Å²) in [5, 5.41) is 11.8. The van der Waals surface area contributed by atoms with Gasteiger partial charge < -0.3 is 14.7 Å². The number of aliphatic hydroxyl groups is 1. The molecule has 2 aliphatic heterocycles. The van der Waals surface area contributed by atoms with Gasteiger partial charge in [-0.3, -0.25) is 9.88 Å². The number of nitrogens with zero attached hydrogens (tertiary/aromatic N) is 3. The number of ether oxygens (including phenoxy) is 1. The van der Waals surface area contributed by atoms with Crippen LogP contribution in [-0.4, -0.2) is 66.5 Å². The molecule has 2 atom stereocenters. The van der Waals surface area contributed by atoms with Crippen LogP contribution in [0.5, 0.6) is 0 Å². The van der Waals surface area contributed by atoms with Gasteiger partial charge in [-0.15, -0.1) is 0 Å². The number of pyridine rings is 1. The smallest absolute Gasteiger partial charge is 0.0887 e. The number of rotatable bonds is 2. The molecule has 24 heavy (non-hydrogen) atoms. The Bertz CT molecular complexity index is 743. The van der Waals surface area contributed by atoms with Crippen LogP contribution in [0.15, 0.2) is 24.4 Å². The maximum Gasteiger partial charge on any atom is 0.0887 e. The first-order chi connectivity index (χ1) is 11.6. The maximum atomic E-state index is 10.6. The van der Waals surface area contributed by atoms with Crippen LogP contribution < -0.4 is 4.90 Å². The highest BCUT2D eigenvalue weighted by molar-refractivity contribution is 5.94. The fourth-order valence-corrected chi connectivity index (χ4v) is 4.11. The van der Waals surface area contributed by atoms with E-state index in [1.807, 2.05) is 6.20 Å². The van der Waals surface area contributed by atoms with Crippen molar-refractivity contribution < 1.29 is 9.84 Å². The fraction of sp³-hybridized carbons (Fsp3) is 0.526. The van der Waals surface area contributed by atoms with Crippen molar-refractivity contribution >= 4 is 16.6 Å². The third-order valence-corrected chi connectivity index (χ3v) is 5.27. The summed E-state index contributed by atoms with van der Waals surface area (Å²) in [5.41, 5.74) is 4.69. The number of aryl methyl sites for hydroxylation is 2. The Morgan fingerprint density at radius 3 is 2.75 bits per heavy atom. The van der Waals surface area contributed by atoms with Gasteiger partial charge in [-0.2, -0.15) is 0 Å². The highest BCUT2D eigenvalue weighted by Gasteiger charge is 2.36. The van der Waals surface area contributed by atoms with Gasteiger partial charge in [-0.05, 0) is 31.5 Å². The molecule has 128 valence electrons. The van der Waals surface area contributed by atoms with Gasteiger partial charge in [0.05, 0.1) is 30.9 Å². The topological polar surface area (TPSA) is 48.8 Å². The third kappa shape index (κ3) is 2.77. The second-order valence-corrected chi connectivity index (χ2v) is 7.00. The van der Waals surface area contributed by atoms with E-state index in [-0.39, 0.29) is 12.1 Å². The standard InChI is InChI=1S/C19H25N3O2/c1-13-9-14(2)19-15(10-13)16(3-4-20-19)22-11-17(18(23)12-22)21-5-7-24-8-6-21/h3-4,9-10,17-18,23H,5-8,11-12H2,1-2H3/t17-,18-/m0/s1. The van der Waals surface area contributed by atoms with Crippen molar-refractivity contribution in [3.8, 4) is 0 Å². The SMILES string of the molecule is Cc1cc(C)c2nccc(N3C[C@H](O)[C@@H](N4CCOCC4)C3)c2c1. The Morgan fingerprint density at radius 2 is 1.96 bits per heavy atom. The van der Waals surface area contributed by atoms with E-state index in [2.05, 4.69) is 46.8 Å². The molecule has 5 heteroatoms. The third-order valence-electron chi connectivity index (χ3n) is 5.27. The molecule has 0 spiro atoms. The second-order valence-electron chi connectivity index (χ2n) is 7.00. The molecule has 0 aliphatic carbocycles. The van der Waals surface area contributed by atoms with Gasteiger partial charge in [0.15, 0.2) is 0 Å². The molecular weight excluding hydrogens is 302 g/mol. The number of aliphatic hydroxyl groups excluding tert-OH is 1. The van der Waals surface area contributed by atoms with Crippen molar-refractivity contribution in [2.75, 3.05) is 44.3 Å². The van der Waals surface area contributed by atoms with Gasteiger partial charge in [0.2, 0.25) is 0 Å². The number of hydrogen-bond donors (Lipinski definition) is 1. The van der Waals surface area contributed by atoms with E-state index in [9.17, 15) is 5.11 Å². The van der Waals surface area contributed by atoms with Gasteiger partial charge in [-0.1, -0.05) is 11.6 Å². The van der Waals surface area contributed by atoms with Crippen LogP contribution in [0.2, 0.25) is 0 Å². The molecule has 4 rings (SSSR count). The number of fused-ring (bicyclic) bond motifs is 1. The molecule has 1 aromatic carbocycles. The zero-order valence-electron chi connectivity index (χ0n) is 14.4. The molecule has 3 heterocycles. The lowest BCUT2D eigenvalue weighted by molar-refractivity contribution is -0.00588. The molecule has 2 aliphatic rings. The summed E-state index contributed by atoms with van der Waals surface area (Å²) in [6.45, 7) is 9.11. The average molecular weight is 327 g/mol. The Kier molecular flexibility index (Phi) is 4.16. The molecule has 1 aromatic heterocycles. The number of benzene rings is 1. The van der Waals surface area contributed by atoms with Crippen LogP contribution >= 0.6 is 0 Å². The Labute approximate surface area is 142 Å². The molecule has 0 radical (unpaired) electrons. The lowest BCUT2D eigenvalue weighted by Gasteiger charge is -2.33. The van der Waals surface area contributed by atoms with E-state index in [4.69, 9.17) is 4.74 Å². The van der Waals surface area contributed by atoms with Crippen molar-refractivity contribution in [1.29, 1.82) is 0 Å². The van der Waals surface area contributed by atoms with Crippen molar-refractivity contribution in [3.63, 3.8) is 0 Å². The number of hydrogen-bond acceptors (Lipinski definition) is 5. The summed E-state index contributed by atoms with van der Waals surface area (Å²) in [7, 11) is 0. The summed E-state index contributed by atoms with van der Waals surface area (Å²) >= 11 is 0. The summed E-state index contributed by atoms with van der Waals surface area (Å²) in [4.78, 5) is 9.25. The minimum absolute atomic E-state index is 0.183. The van der Waals surface area contributed by atoms with Crippen molar-refractivity contribution in [2.24, 2.45) is 0 Å². The van der Waals surface area contributed by atoms with E-state index in [1.54, 1.807) is 0 Å². The second kappa shape index (κ2) is 6.31. The highest BCUT2D eigenvalue weighted by atomic mass is 16.5. The quantitative estimate of drug-likeness (QED) is 0.910. The largest absolute Gasteiger partial charge is 0.390 e. The normalized spacial score (nSPS) is 25.5. The molecule has 0 amide bonds. The van der Waals surface area contributed by atoms with Gasteiger partial charge in [0, 0.05) is 43.4 Å². The average Bonchev–Trinajstić information content (AvgIpc) is 2.97. The zero-order chi connectivity index (χ0) is 16.7. The Morgan fingerprint density at radius 1 is 1.17 bits per heavy atom. The van der Waals surface area contributed by atoms with E-state index in [0.717, 1.165) is 38.4 Å². The van der Waals surface area contributed by atoms with Crippen LogP contribution in [0.4, 0.5) is 5.69 Å². The summed E-state index contributed by atoms with van der Waals surface area (Å²) < 4.78 is 5.44.